The Hall–Kier alpha value is -7.04. The third kappa shape index (κ3) is 8.22. The SMILES string of the molecule is [C-]#[N+]C1(O)CCC(c2cc(N)n3ncc(-c4ccc(-c5ccccc5)nc4)c3n2)CC1.[C-]#[N+]C1(O)CCC(c2nc3c(-c4ccc(-c5ccccc5)nc4)cnn3c(N)c2Br)CC1. The van der Waals surface area contributed by atoms with Crippen LogP contribution >= 0.6 is 15.9 Å². The predicted octanol–water partition coefficient (Wildman–Crippen LogP) is 9.37. The molecule has 0 bridgehead atoms. The zero-order valence-corrected chi connectivity index (χ0v) is 35.8. The van der Waals surface area contributed by atoms with Crippen LogP contribution in [0.3, 0.4) is 0 Å². The largest absolute Gasteiger partial charge is 0.384 e. The second-order valence-electron chi connectivity index (χ2n) is 16.2. The number of pyridine rings is 2. The highest BCUT2D eigenvalue weighted by molar-refractivity contribution is 9.10. The third-order valence-corrected chi connectivity index (χ3v) is 13.1. The summed E-state index contributed by atoms with van der Waals surface area (Å²) < 4.78 is 3.99. The number of nitrogen functional groups attached to an aromatic ring is 2. The van der Waals surface area contributed by atoms with Crippen LogP contribution in [-0.4, -0.2) is 60.8 Å². The molecule has 15 heteroatoms. The number of hydrogen-bond acceptors (Lipinski definition) is 10. The number of fused-ring (bicyclic) bond motifs is 2. The highest BCUT2D eigenvalue weighted by atomic mass is 79.9. The van der Waals surface area contributed by atoms with Crippen LogP contribution in [0.5, 0.6) is 0 Å². The average Bonchev–Trinajstić information content (AvgIpc) is 3.97. The number of benzene rings is 2. The highest BCUT2D eigenvalue weighted by Crippen LogP contribution is 2.43. The van der Waals surface area contributed by atoms with Gasteiger partial charge < -0.3 is 21.7 Å². The van der Waals surface area contributed by atoms with Gasteiger partial charge in [-0.3, -0.25) is 19.7 Å². The Kier molecular flexibility index (Phi) is 11.2. The lowest BCUT2D eigenvalue weighted by molar-refractivity contribution is 0.0421. The molecule has 0 spiro atoms. The van der Waals surface area contributed by atoms with Gasteiger partial charge in [0.15, 0.2) is 11.3 Å². The van der Waals surface area contributed by atoms with Gasteiger partial charge in [-0.15, -0.1) is 0 Å². The fourth-order valence-electron chi connectivity index (χ4n) is 8.52. The van der Waals surface area contributed by atoms with Gasteiger partial charge in [-0.1, -0.05) is 72.8 Å². The van der Waals surface area contributed by atoms with E-state index < -0.39 is 11.4 Å². The summed E-state index contributed by atoms with van der Waals surface area (Å²) in [5.41, 5.74) is 20.8. The van der Waals surface area contributed by atoms with Crippen LogP contribution < -0.4 is 11.5 Å². The van der Waals surface area contributed by atoms with E-state index in [-0.39, 0.29) is 11.8 Å². The molecular formula is C48H43BrN12O2. The third-order valence-electron chi connectivity index (χ3n) is 12.2. The maximum Gasteiger partial charge on any atom is 0.334 e. The minimum Gasteiger partial charge on any atom is -0.384 e. The van der Waals surface area contributed by atoms with E-state index in [9.17, 15) is 10.2 Å². The summed E-state index contributed by atoms with van der Waals surface area (Å²) in [6.07, 6.45) is 11.7. The molecule has 10 rings (SSSR count). The van der Waals surface area contributed by atoms with Crippen molar-refractivity contribution in [1.82, 2.24) is 39.2 Å². The van der Waals surface area contributed by atoms with Crippen LogP contribution in [-0.2, 0) is 0 Å². The van der Waals surface area contributed by atoms with E-state index in [1.165, 1.54) is 0 Å². The Balaban J connectivity index is 0.000000160. The molecule has 63 heavy (non-hydrogen) atoms. The number of nitrogens with zero attached hydrogens (tertiary/aromatic N) is 10. The fraction of sp³-hybridized carbons (Fsp3) is 0.250. The van der Waals surface area contributed by atoms with Crippen LogP contribution in [0.1, 0.15) is 74.6 Å². The van der Waals surface area contributed by atoms with Crippen molar-refractivity contribution >= 4 is 38.9 Å². The Morgan fingerprint density at radius 3 is 1.56 bits per heavy atom. The van der Waals surface area contributed by atoms with Gasteiger partial charge in [-0.05, 0) is 53.7 Å². The molecule has 314 valence electrons. The van der Waals surface area contributed by atoms with Gasteiger partial charge in [0.25, 0.3) is 0 Å². The van der Waals surface area contributed by atoms with Crippen LogP contribution in [0.25, 0.3) is 65.8 Å². The van der Waals surface area contributed by atoms with Crippen molar-refractivity contribution in [2.45, 2.75) is 74.7 Å². The first-order valence-electron chi connectivity index (χ1n) is 20.8. The first-order chi connectivity index (χ1) is 30.5. The monoisotopic (exact) mass is 898 g/mol. The first-order valence-corrected chi connectivity index (χ1v) is 21.6. The normalized spacial score (nSPS) is 21.0. The molecule has 0 unspecified atom stereocenters. The number of rotatable bonds is 6. The maximum absolute atomic E-state index is 10.3. The highest BCUT2D eigenvalue weighted by Gasteiger charge is 2.41. The standard InChI is InChI=1S/C24H21BrN6O.C24H22N6O/c1-27-24(32)11-9-16(10-12-24)21-20(25)22(26)31-23(30-21)18(14-29-31)17-7-8-19(28-13-17)15-5-3-2-4-6-15;1-26-24(31)11-9-17(10-12-24)21-13-22(25)30-23(29-21)19(15-28-30)18-7-8-20(27-14-18)16-5-3-2-4-6-16/h2-8,13-14,16,32H,9-12,26H2;2-8,13-15,17,31H,9-12,25H2. The molecule has 6 N–H and O–H groups in total. The van der Waals surface area contributed by atoms with Crippen molar-refractivity contribution < 1.29 is 10.2 Å². The van der Waals surface area contributed by atoms with Gasteiger partial charge in [-0.25, -0.2) is 23.1 Å². The molecule has 2 aliphatic rings. The first kappa shape index (κ1) is 41.3. The van der Waals surface area contributed by atoms with Crippen molar-refractivity contribution in [1.29, 1.82) is 0 Å². The lowest BCUT2D eigenvalue weighted by Gasteiger charge is -2.27. The van der Waals surface area contributed by atoms with Crippen molar-refractivity contribution in [2.24, 2.45) is 0 Å². The molecule has 0 saturated heterocycles. The molecule has 8 aromatic rings. The maximum atomic E-state index is 10.3. The van der Waals surface area contributed by atoms with Gasteiger partial charge in [0.05, 0.1) is 59.6 Å². The molecule has 2 saturated carbocycles. The topological polar surface area (TPSA) is 187 Å². The van der Waals surface area contributed by atoms with E-state index in [1.807, 2.05) is 103 Å². The van der Waals surface area contributed by atoms with E-state index in [0.29, 0.717) is 74.3 Å². The minimum absolute atomic E-state index is 0.111. The van der Waals surface area contributed by atoms with Crippen LogP contribution in [0.2, 0.25) is 0 Å². The summed E-state index contributed by atoms with van der Waals surface area (Å²) in [6, 6.07) is 29.9. The summed E-state index contributed by atoms with van der Waals surface area (Å²) in [7, 11) is 0. The molecular weight excluding hydrogens is 857 g/mol. The Morgan fingerprint density at radius 2 is 1.08 bits per heavy atom. The van der Waals surface area contributed by atoms with Gasteiger partial charge in [0.2, 0.25) is 0 Å². The van der Waals surface area contributed by atoms with E-state index >= 15 is 0 Å². The average molecular weight is 900 g/mol. The molecule has 0 atom stereocenters. The fourth-order valence-corrected chi connectivity index (χ4v) is 9.11. The quantitative estimate of drug-likeness (QED) is 0.117. The molecule has 2 fully saturated rings. The number of nitrogens with two attached hydrogens (primary N) is 2. The van der Waals surface area contributed by atoms with Gasteiger partial charge >= 0.3 is 11.4 Å². The van der Waals surface area contributed by atoms with Gasteiger partial charge in [0, 0.05) is 69.4 Å². The second kappa shape index (κ2) is 17.0. The Bertz CT molecular complexity index is 3000. The summed E-state index contributed by atoms with van der Waals surface area (Å²) in [5, 5.41) is 29.4. The van der Waals surface area contributed by atoms with Crippen LogP contribution in [0.15, 0.2) is 120 Å². The van der Waals surface area contributed by atoms with Gasteiger partial charge in [-0.2, -0.15) is 19.2 Å². The lowest BCUT2D eigenvalue weighted by atomic mass is 9.82. The Morgan fingerprint density at radius 1 is 0.603 bits per heavy atom. The number of aliphatic hydroxyl groups is 2. The van der Waals surface area contributed by atoms with E-state index in [4.69, 9.17) is 34.6 Å². The molecule has 14 nitrogen and oxygen atoms in total. The molecule has 2 aromatic carbocycles. The molecule has 2 aliphatic carbocycles. The molecule has 6 heterocycles. The number of hydrogen-bond donors (Lipinski definition) is 4. The molecule has 0 aliphatic heterocycles. The summed E-state index contributed by atoms with van der Waals surface area (Å²) >= 11 is 3.60. The van der Waals surface area contributed by atoms with E-state index in [0.717, 1.165) is 60.6 Å². The zero-order valence-electron chi connectivity index (χ0n) is 34.2. The van der Waals surface area contributed by atoms with E-state index in [1.54, 1.807) is 21.4 Å². The van der Waals surface area contributed by atoms with Crippen molar-refractivity contribution in [3.05, 3.63) is 154 Å². The summed E-state index contributed by atoms with van der Waals surface area (Å²) in [6.45, 7) is 14.4. The number of halogens is 1. The van der Waals surface area contributed by atoms with Crippen LogP contribution in [0.4, 0.5) is 11.6 Å². The number of aromatic nitrogens is 8. The van der Waals surface area contributed by atoms with Crippen molar-refractivity contribution in [2.75, 3.05) is 11.5 Å². The molecule has 0 radical (unpaired) electrons. The molecule has 6 aromatic heterocycles. The predicted molar refractivity (Wildman–Crippen MR) is 245 cm³/mol. The summed E-state index contributed by atoms with van der Waals surface area (Å²) in [4.78, 5) is 25.9. The van der Waals surface area contributed by atoms with Crippen molar-refractivity contribution in [3.63, 3.8) is 0 Å². The lowest BCUT2D eigenvalue weighted by Crippen LogP contribution is -2.30. The smallest absolute Gasteiger partial charge is 0.334 e. The second-order valence-corrected chi connectivity index (χ2v) is 17.0. The van der Waals surface area contributed by atoms with Gasteiger partial charge in [0.1, 0.15) is 11.6 Å². The van der Waals surface area contributed by atoms with E-state index in [2.05, 4.69) is 45.8 Å². The zero-order chi connectivity index (χ0) is 43.7. The minimum atomic E-state index is -1.26. The van der Waals surface area contributed by atoms with Crippen LogP contribution in [0, 0.1) is 13.1 Å². The number of anilines is 2. The summed E-state index contributed by atoms with van der Waals surface area (Å²) in [5.74, 6) is 1.28. The van der Waals surface area contributed by atoms with Crippen molar-refractivity contribution in [3.8, 4) is 44.8 Å². The molecule has 0 amide bonds. The Labute approximate surface area is 372 Å².